The van der Waals surface area contributed by atoms with Crippen molar-refractivity contribution in [2.24, 2.45) is 0 Å². The number of hydrogen-bond acceptors (Lipinski definition) is 8. The lowest BCUT2D eigenvalue weighted by molar-refractivity contribution is -0.139. The van der Waals surface area contributed by atoms with Gasteiger partial charge in [0.05, 0.1) is 33.3 Å². The molecule has 8 heteroatoms. The number of aryl methyl sites for hydroxylation is 2. The van der Waals surface area contributed by atoms with Crippen molar-refractivity contribution in [3.8, 4) is 17.2 Å². The summed E-state index contributed by atoms with van der Waals surface area (Å²) in [5.41, 5.74) is 3.97. The molecule has 0 spiro atoms. The Kier molecular flexibility index (Phi) is 6.79. The van der Waals surface area contributed by atoms with Crippen LogP contribution in [0.25, 0.3) is 11.0 Å². The number of rotatable bonds is 7. The molecule has 0 radical (unpaired) electrons. The number of esters is 1. The van der Waals surface area contributed by atoms with Gasteiger partial charge in [0.15, 0.2) is 11.5 Å². The fraction of sp³-hybridized carbons (Fsp3) is 0.385. The van der Waals surface area contributed by atoms with Crippen LogP contribution < -0.4 is 19.8 Å². The molecule has 2 heterocycles. The van der Waals surface area contributed by atoms with Gasteiger partial charge in [0.2, 0.25) is 0 Å². The minimum Gasteiger partial charge on any atom is -0.493 e. The van der Waals surface area contributed by atoms with Gasteiger partial charge in [-0.2, -0.15) is 0 Å². The first-order valence-electron chi connectivity index (χ1n) is 11.1. The number of ether oxygens (including phenoxy) is 4. The van der Waals surface area contributed by atoms with E-state index in [9.17, 15) is 9.59 Å². The van der Waals surface area contributed by atoms with Crippen LogP contribution in [0.1, 0.15) is 27.8 Å². The summed E-state index contributed by atoms with van der Waals surface area (Å²) < 4.78 is 27.1. The van der Waals surface area contributed by atoms with Crippen molar-refractivity contribution in [2.45, 2.75) is 33.2 Å². The first-order chi connectivity index (χ1) is 16.4. The Labute approximate surface area is 198 Å². The Morgan fingerprint density at radius 2 is 1.82 bits per heavy atom. The van der Waals surface area contributed by atoms with Crippen molar-refractivity contribution >= 4 is 16.9 Å². The summed E-state index contributed by atoms with van der Waals surface area (Å²) in [7, 11) is 4.55. The molecule has 0 atom stereocenters. The number of methoxy groups -OCH3 is 3. The van der Waals surface area contributed by atoms with E-state index in [1.54, 1.807) is 14.2 Å². The van der Waals surface area contributed by atoms with Gasteiger partial charge in [-0.25, -0.2) is 4.79 Å². The zero-order chi connectivity index (χ0) is 24.4. The Morgan fingerprint density at radius 1 is 1.06 bits per heavy atom. The molecule has 0 bridgehead atoms. The summed E-state index contributed by atoms with van der Waals surface area (Å²) in [6.45, 7) is 5.66. The number of carbonyl (C=O) groups excluding carboxylic acids is 1. The molecule has 0 saturated heterocycles. The molecule has 1 aromatic heterocycles. The molecule has 1 aliphatic heterocycles. The van der Waals surface area contributed by atoms with Crippen molar-refractivity contribution in [1.29, 1.82) is 0 Å². The van der Waals surface area contributed by atoms with Crippen molar-refractivity contribution < 1.29 is 28.2 Å². The normalized spacial score (nSPS) is 13.3. The van der Waals surface area contributed by atoms with Gasteiger partial charge in [0.1, 0.15) is 18.1 Å². The van der Waals surface area contributed by atoms with Crippen molar-refractivity contribution in [3.63, 3.8) is 0 Å². The minimum absolute atomic E-state index is 0.120. The first kappa shape index (κ1) is 23.6. The van der Waals surface area contributed by atoms with E-state index in [-0.39, 0.29) is 6.42 Å². The average molecular weight is 468 g/mol. The second-order valence-corrected chi connectivity index (χ2v) is 8.38. The zero-order valence-corrected chi connectivity index (χ0v) is 20.1. The predicted molar refractivity (Wildman–Crippen MR) is 127 cm³/mol. The topological polar surface area (TPSA) is 87.4 Å². The van der Waals surface area contributed by atoms with Gasteiger partial charge in [-0.05, 0) is 49.6 Å². The van der Waals surface area contributed by atoms with Crippen LogP contribution in [0, 0.1) is 13.8 Å². The maximum absolute atomic E-state index is 12.5. The van der Waals surface area contributed by atoms with Crippen LogP contribution in [-0.4, -0.2) is 45.5 Å². The van der Waals surface area contributed by atoms with Gasteiger partial charge in [0.25, 0.3) is 0 Å². The molecule has 2 aromatic carbocycles. The number of fused-ring (bicyclic) bond motifs is 2. The third-order valence-electron chi connectivity index (χ3n) is 6.33. The number of nitrogens with zero attached hydrogens (tertiary/aromatic N) is 1. The van der Waals surface area contributed by atoms with Crippen LogP contribution >= 0.6 is 0 Å². The Morgan fingerprint density at radius 3 is 2.53 bits per heavy atom. The van der Waals surface area contributed by atoms with Gasteiger partial charge in [-0.1, -0.05) is 6.07 Å². The van der Waals surface area contributed by atoms with Crippen molar-refractivity contribution in [2.75, 3.05) is 34.6 Å². The molecule has 0 fully saturated rings. The third-order valence-corrected chi connectivity index (χ3v) is 6.33. The van der Waals surface area contributed by atoms with Crippen LogP contribution in [0.3, 0.4) is 0 Å². The molecule has 3 aromatic rings. The highest BCUT2D eigenvalue weighted by Crippen LogP contribution is 2.36. The minimum atomic E-state index is -0.522. The van der Waals surface area contributed by atoms with E-state index in [2.05, 4.69) is 4.90 Å². The van der Waals surface area contributed by atoms with Crippen molar-refractivity contribution in [3.05, 3.63) is 62.5 Å². The van der Waals surface area contributed by atoms with Crippen LogP contribution in [0.2, 0.25) is 0 Å². The van der Waals surface area contributed by atoms with Gasteiger partial charge in [-0.15, -0.1) is 0 Å². The summed E-state index contributed by atoms with van der Waals surface area (Å²) in [4.78, 5) is 26.5. The van der Waals surface area contributed by atoms with Gasteiger partial charge in [-0.3, -0.25) is 9.69 Å². The Bertz CT molecular complexity index is 1290. The van der Waals surface area contributed by atoms with Gasteiger partial charge >= 0.3 is 11.6 Å². The highest BCUT2D eigenvalue weighted by atomic mass is 16.5. The maximum Gasteiger partial charge on any atom is 0.340 e. The monoisotopic (exact) mass is 467 g/mol. The van der Waals surface area contributed by atoms with E-state index in [0.29, 0.717) is 35.9 Å². The summed E-state index contributed by atoms with van der Waals surface area (Å²) >= 11 is 0. The van der Waals surface area contributed by atoms with E-state index in [4.69, 9.17) is 23.4 Å². The second kappa shape index (κ2) is 9.77. The molecule has 0 saturated carbocycles. The third kappa shape index (κ3) is 4.46. The number of hydrogen-bond donors (Lipinski definition) is 0. The molecule has 0 aliphatic carbocycles. The average Bonchev–Trinajstić information content (AvgIpc) is 2.85. The van der Waals surface area contributed by atoms with Crippen LogP contribution in [0.4, 0.5) is 0 Å². The highest BCUT2D eigenvalue weighted by molar-refractivity contribution is 5.88. The molecular formula is C26H29NO7. The quantitative estimate of drug-likeness (QED) is 0.385. The summed E-state index contributed by atoms with van der Waals surface area (Å²) in [5, 5.41) is 0.806. The molecular weight excluding hydrogens is 438 g/mol. The van der Waals surface area contributed by atoms with Gasteiger partial charge < -0.3 is 23.4 Å². The van der Waals surface area contributed by atoms with E-state index >= 15 is 0 Å². The Hall–Kier alpha value is -3.52. The fourth-order valence-corrected chi connectivity index (χ4v) is 4.38. The van der Waals surface area contributed by atoms with E-state index in [1.807, 2.05) is 38.1 Å². The fourth-order valence-electron chi connectivity index (χ4n) is 4.38. The predicted octanol–water partition coefficient (Wildman–Crippen LogP) is 3.54. The van der Waals surface area contributed by atoms with E-state index in [0.717, 1.165) is 46.4 Å². The lowest BCUT2D eigenvalue weighted by Gasteiger charge is -2.30. The van der Waals surface area contributed by atoms with Crippen molar-refractivity contribution in [1.82, 2.24) is 4.90 Å². The van der Waals surface area contributed by atoms with Crippen LogP contribution in [0.15, 0.2) is 33.5 Å². The lowest BCUT2D eigenvalue weighted by atomic mass is 9.97. The maximum atomic E-state index is 12.5. The zero-order valence-electron chi connectivity index (χ0n) is 20.1. The Balaban J connectivity index is 1.59. The molecule has 4 rings (SSSR count). The van der Waals surface area contributed by atoms with Gasteiger partial charge in [0, 0.05) is 29.6 Å². The summed E-state index contributed by atoms with van der Waals surface area (Å²) in [6.07, 6.45) is 0.702. The molecule has 8 nitrogen and oxygen atoms in total. The number of carbonyl (C=O) groups is 1. The molecule has 0 N–H and O–H groups in total. The first-order valence-corrected chi connectivity index (χ1v) is 11.1. The van der Waals surface area contributed by atoms with Crippen LogP contribution in [0.5, 0.6) is 17.2 Å². The summed E-state index contributed by atoms with van der Waals surface area (Å²) in [6, 6.07) is 7.93. The highest BCUT2D eigenvalue weighted by Gasteiger charge is 2.24. The van der Waals surface area contributed by atoms with Crippen LogP contribution in [-0.2, 0) is 28.9 Å². The molecule has 0 unspecified atom stereocenters. The molecule has 0 amide bonds. The molecule has 34 heavy (non-hydrogen) atoms. The smallest absolute Gasteiger partial charge is 0.340 e. The SMILES string of the molecule is COC(=O)Cc1c(C)c2cc3c(c(C)c2oc1=O)OCN(CCc1ccc(OC)c(OC)c1)C3. The largest absolute Gasteiger partial charge is 0.493 e. The van der Waals surface area contributed by atoms with E-state index in [1.165, 1.54) is 7.11 Å². The standard InChI is InChI=1S/C26H29NO7/c1-15-19-11-18-13-27(9-8-17-6-7-21(30-3)22(10-17)31-4)14-33-24(18)16(2)25(19)34-26(29)20(15)12-23(28)32-5/h6-7,10-11H,8-9,12-14H2,1-5H3. The molecule has 180 valence electrons. The number of benzene rings is 2. The lowest BCUT2D eigenvalue weighted by Crippen LogP contribution is -2.34. The summed E-state index contributed by atoms with van der Waals surface area (Å²) in [5.74, 6) is 1.69. The van der Waals surface area contributed by atoms with E-state index < -0.39 is 11.6 Å². The second-order valence-electron chi connectivity index (χ2n) is 8.38. The molecule has 1 aliphatic rings.